The van der Waals surface area contributed by atoms with Crippen LogP contribution in [0, 0.1) is 0 Å². The molecule has 0 spiro atoms. The van der Waals surface area contributed by atoms with E-state index in [0.29, 0.717) is 17.0 Å². The molecular weight excluding hydrogens is 378 g/mol. The van der Waals surface area contributed by atoms with Crippen LogP contribution in [0.15, 0.2) is 54.6 Å². The minimum Gasteiger partial charge on any atom is -0.484 e. The fraction of sp³-hybridized carbons (Fsp3) is 0.200. The number of anilines is 1. The quantitative estimate of drug-likeness (QED) is 0.534. The van der Waals surface area contributed by atoms with Crippen molar-refractivity contribution in [3.05, 3.63) is 60.2 Å². The molecule has 0 fully saturated rings. The first kappa shape index (κ1) is 21.4. The number of rotatable bonds is 9. The van der Waals surface area contributed by atoms with E-state index in [1.807, 2.05) is 6.07 Å². The summed E-state index contributed by atoms with van der Waals surface area (Å²) in [6, 6.07) is 15.0. The highest BCUT2D eigenvalue weighted by Crippen LogP contribution is 2.09. The number of hydrogen-bond acceptors (Lipinski definition) is 6. The van der Waals surface area contributed by atoms with Crippen molar-refractivity contribution in [3.8, 4) is 5.75 Å². The van der Waals surface area contributed by atoms with Crippen LogP contribution in [0.3, 0.4) is 0 Å². The monoisotopic (exact) mass is 399 g/mol. The zero-order chi connectivity index (χ0) is 21.1. The summed E-state index contributed by atoms with van der Waals surface area (Å²) >= 11 is 0. The number of ether oxygens (including phenoxy) is 2. The van der Waals surface area contributed by atoms with E-state index in [2.05, 4.69) is 16.0 Å². The predicted molar refractivity (Wildman–Crippen MR) is 104 cm³/mol. The third-order valence-electron chi connectivity index (χ3n) is 3.57. The number of benzene rings is 2. The van der Waals surface area contributed by atoms with Gasteiger partial charge < -0.3 is 25.4 Å². The number of hydrogen-bond donors (Lipinski definition) is 3. The Bertz CT molecular complexity index is 852. The van der Waals surface area contributed by atoms with Crippen LogP contribution in [0.2, 0.25) is 0 Å². The molecule has 29 heavy (non-hydrogen) atoms. The van der Waals surface area contributed by atoms with Gasteiger partial charge in [0.1, 0.15) is 12.3 Å². The summed E-state index contributed by atoms with van der Waals surface area (Å²) < 4.78 is 10.0. The van der Waals surface area contributed by atoms with E-state index >= 15 is 0 Å². The number of amides is 3. The largest absolute Gasteiger partial charge is 0.484 e. The Balaban J connectivity index is 1.64. The molecule has 3 amide bonds. The average molecular weight is 399 g/mol. The Kier molecular flexibility index (Phi) is 8.18. The minimum absolute atomic E-state index is 0.243. The van der Waals surface area contributed by atoms with Gasteiger partial charge in [-0.1, -0.05) is 18.2 Å². The maximum atomic E-state index is 11.8. The second-order valence-electron chi connectivity index (χ2n) is 5.74. The maximum absolute atomic E-state index is 11.8. The summed E-state index contributed by atoms with van der Waals surface area (Å²) in [4.78, 5) is 46.5. The Hall–Kier alpha value is -3.88. The van der Waals surface area contributed by atoms with Crippen LogP contribution in [0.5, 0.6) is 5.75 Å². The van der Waals surface area contributed by atoms with E-state index in [1.165, 1.54) is 7.05 Å². The molecule has 0 saturated heterocycles. The van der Waals surface area contributed by atoms with Crippen molar-refractivity contribution >= 4 is 29.4 Å². The van der Waals surface area contributed by atoms with Gasteiger partial charge in [0.25, 0.3) is 17.7 Å². The SMILES string of the molecule is CNC(=O)c1ccc(NC(=O)COC(=O)CNC(=O)COc2ccccc2)cc1. The Labute approximate surface area is 167 Å². The number of carbonyl (C=O) groups is 4. The van der Waals surface area contributed by atoms with Crippen LogP contribution in [0.1, 0.15) is 10.4 Å². The van der Waals surface area contributed by atoms with Gasteiger partial charge in [0.05, 0.1) is 0 Å². The first-order valence-corrected chi connectivity index (χ1v) is 8.70. The zero-order valence-corrected chi connectivity index (χ0v) is 15.8. The molecule has 0 aliphatic heterocycles. The number of carbonyl (C=O) groups excluding carboxylic acids is 4. The van der Waals surface area contributed by atoms with Gasteiger partial charge in [-0.2, -0.15) is 0 Å². The van der Waals surface area contributed by atoms with Crippen molar-refractivity contribution in [2.75, 3.05) is 32.1 Å². The van der Waals surface area contributed by atoms with Crippen LogP contribution in [-0.2, 0) is 19.1 Å². The average Bonchev–Trinajstić information content (AvgIpc) is 2.75. The molecule has 0 atom stereocenters. The van der Waals surface area contributed by atoms with Gasteiger partial charge in [-0.05, 0) is 36.4 Å². The van der Waals surface area contributed by atoms with Crippen LogP contribution in [-0.4, -0.2) is 50.5 Å². The smallest absolute Gasteiger partial charge is 0.325 e. The van der Waals surface area contributed by atoms with Crippen molar-refractivity contribution in [2.24, 2.45) is 0 Å². The Morgan fingerprint density at radius 3 is 2.21 bits per heavy atom. The van der Waals surface area contributed by atoms with Crippen LogP contribution in [0.25, 0.3) is 0 Å². The third kappa shape index (κ3) is 7.71. The minimum atomic E-state index is -0.761. The molecule has 9 heteroatoms. The maximum Gasteiger partial charge on any atom is 0.325 e. The Morgan fingerprint density at radius 2 is 1.55 bits per heavy atom. The van der Waals surface area contributed by atoms with Gasteiger partial charge in [0, 0.05) is 18.3 Å². The standard InChI is InChI=1S/C20H21N3O6/c1-21-20(27)14-7-9-15(10-8-14)23-18(25)13-29-19(26)11-22-17(24)12-28-16-5-3-2-4-6-16/h2-10H,11-13H2,1H3,(H,21,27)(H,22,24)(H,23,25). The lowest BCUT2D eigenvalue weighted by Gasteiger charge is -2.09. The Morgan fingerprint density at radius 1 is 0.862 bits per heavy atom. The van der Waals surface area contributed by atoms with Crippen molar-refractivity contribution < 1.29 is 28.7 Å². The summed E-state index contributed by atoms with van der Waals surface area (Å²) in [7, 11) is 1.52. The lowest BCUT2D eigenvalue weighted by Crippen LogP contribution is -2.35. The molecule has 0 aliphatic carbocycles. The van der Waals surface area contributed by atoms with E-state index in [1.54, 1.807) is 48.5 Å². The molecule has 0 heterocycles. The first-order valence-electron chi connectivity index (χ1n) is 8.70. The molecule has 9 nitrogen and oxygen atoms in total. The van der Waals surface area contributed by atoms with Gasteiger partial charge in [0.15, 0.2) is 13.2 Å². The lowest BCUT2D eigenvalue weighted by atomic mass is 10.2. The molecule has 0 aliphatic rings. The van der Waals surface area contributed by atoms with E-state index in [-0.39, 0.29) is 19.1 Å². The molecule has 2 rings (SSSR count). The van der Waals surface area contributed by atoms with Gasteiger partial charge in [-0.25, -0.2) is 0 Å². The lowest BCUT2D eigenvalue weighted by molar-refractivity contribution is -0.147. The van der Waals surface area contributed by atoms with Crippen molar-refractivity contribution in [1.82, 2.24) is 10.6 Å². The molecule has 0 bridgehead atoms. The molecule has 3 N–H and O–H groups in total. The van der Waals surface area contributed by atoms with Crippen LogP contribution < -0.4 is 20.7 Å². The molecule has 2 aromatic rings. The number of para-hydroxylation sites is 1. The number of esters is 1. The summed E-state index contributed by atoms with van der Waals surface area (Å²) in [6.45, 7) is -1.14. The van der Waals surface area contributed by atoms with Crippen LogP contribution in [0.4, 0.5) is 5.69 Å². The predicted octanol–water partition coefficient (Wildman–Crippen LogP) is 0.723. The fourth-order valence-corrected chi connectivity index (χ4v) is 2.13. The van der Waals surface area contributed by atoms with E-state index < -0.39 is 24.4 Å². The number of nitrogens with one attached hydrogen (secondary N) is 3. The summed E-state index contributed by atoms with van der Waals surface area (Å²) in [6.07, 6.45) is 0. The molecule has 0 saturated carbocycles. The summed E-state index contributed by atoms with van der Waals surface area (Å²) in [5.74, 6) is -1.52. The summed E-state index contributed by atoms with van der Waals surface area (Å²) in [5, 5.41) is 7.36. The van der Waals surface area contributed by atoms with Crippen molar-refractivity contribution in [2.45, 2.75) is 0 Å². The second kappa shape index (κ2) is 11.1. The highest BCUT2D eigenvalue weighted by Gasteiger charge is 2.11. The molecule has 2 aromatic carbocycles. The molecular formula is C20H21N3O6. The van der Waals surface area contributed by atoms with Gasteiger partial charge in [-0.3, -0.25) is 19.2 Å². The van der Waals surface area contributed by atoms with Gasteiger partial charge in [0.2, 0.25) is 0 Å². The highest BCUT2D eigenvalue weighted by atomic mass is 16.5. The molecule has 0 aromatic heterocycles. The van der Waals surface area contributed by atoms with Gasteiger partial charge in [-0.15, -0.1) is 0 Å². The molecule has 152 valence electrons. The van der Waals surface area contributed by atoms with Crippen molar-refractivity contribution in [3.63, 3.8) is 0 Å². The van der Waals surface area contributed by atoms with E-state index in [4.69, 9.17) is 9.47 Å². The van der Waals surface area contributed by atoms with Crippen molar-refractivity contribution in [1.29, 1.82) is 0 Å². The fourth-order valence-electron chi connectivity index (χ4n) is 2.13. The second-order valence-corrected chi connectivity index (χ2v) is 5.74. The van der Waals surface area contributed by atoms with Crippen LogP contribution >= 0.6 is 0 Å². The first-order chi connectivity index (χ1) is 14.0. The topological polar surface area (TPSA) is 123 Å². The van der Waals surface area contributed by atoms with Gasteiger partial charge >= 0.3 is 5.97 Å². The van der Waals surface area contributed by atoms with E-state index in [9.17, 15) is 19.2 Å². The highest BCUT2D eigenvalue weighted by molar-refractivity contribution is 5.96. The normalized spacial score (nSPS) is 9.83. The van der Waals surface area contributed by atoms with E-state index in [0.717, 1.165) is 0 Å². The summed E-state index contributed by atoms with van der Waals surface area (Å²) in [5.41, 5.74) is 0.897. The third-order valence-corrected chi connectivity index (χ3v) is 3.57. The molecule has 0 radical (unpaired) electrons. The zero-order valence-electron chi connectivity index (χ0n) is 15.8. The molecule has 0 unspecified atom stereocenters.